The Kier molecular flexibility index (Phi) is 9.18. The molecule has 2 heterocycles. The van der Waals surface area contributed by atoms with E-state index in [0.717, 1.165) is 22.4 Å². The lowest BCUT2D eigenvalue weighted by Crippen LogP contribution is -2.37. The number of nitrogens with zero attached hydrogens (tertiary/aromatic N) is 2. The van der Waals surface area contributed by atoms with Crippen LogP contribution >= 0.6 is 12.6 Å². The van der Waals surface area contributed by atoms with Crippen LogP contribution in [0.4, 0.5) is 5.69 Å². The summed E-state index contributed by atoms with van der Waals surface area (Å²) in [7, 11) is 0. The first-order valence-electron chi connectivity index (χ1n) is 12.6. The van der Waals surface area contributed by atoms with E-state index in [2.05, 4.69) is 46.4 Å². The minimum absolute atomic E-state index is 0.0993. The summed E-state index contributed by atoms with van der Waals surface area (Å²) in [5.74, 6) is -0.759. The van der Waals surface area contributed by atoms with Gasteiger partial charge in [0.25, 0.3) is 0 Å². The van der Waals surface area contributed by atoms with Gasteiger partial charge in [0.1, 0.15) is 0 Å². The van der Waals surface area contributed by atoms with E-state index in [1.54, 1.807) is 11.8 Å². The summed E-state index contributed by atoms with van der Waals surface area (Å²) in [6.45, 7) is 11.2. The predicted molar refractivity (Wildman–Crippen MR) is 151 cm³/mol. The number of amides is 3. The number of carbonyl (C=O) groups excluding carboxylic acids is 3. The van der Waals surface area contributed by atoms with Gasteiger partial charge in [-0.05, 0) is 39.8 Å². The van der Waals surface area contributed by atoms with E-state index in [1.165, 1.54) is 11.3 Å². The highest BCUT2D eigenvalue weighted by Gasteiger charge is 2.35. The maximum atomic E-state index is 13.1. The second-order valence-electron chi connectivity index (χ2n) is 10.9. The zero-order chi connectivity index (χ0) is 26.5. The number of fused-ring (bicyclic) bond motifs is 2. The second kappa shape index (κ2) is 11.9. The lowest BCUT2D eigenvalue weighted by Gasteiger charge is -2.27. The number of hydrogen-bond acceptors (Lipinski definition) is 4. The fourth-order valence-corrected chi connectivity index (χ4v) is 5.23. The average Bonchev–Trinajstić information content (AvgIpc) is 3.03. The number of anilines is 1. The van der Waals surface area contributed by atoms with Crippen molar-refractivity contribution in [2.24, 2.45) is 11.3 Å². The topological polar surface area (TPSA) is 57.7 Å². The molecular weight excluding hydrogens is 468 g/mol. The van der Waals surface area contributed by atoms with Crippen LogP contribution in [0, 0.1) is 11.3 Å². The third-order valence-electron chi connectivity index (χ3n) is 6.28. The third-order valence-corrected chi connectivity index (χ3v) is 6.46. The van der Waals surface area contributed by atoms with Crippen molar-refractivity contribution in [2.75, 3.05) is 11.4 Å². The van der Waals surface area contributed by atoms with Crippen molar-refractivity contribution >= 4 is 48.2 Å². The van der Waals surface area contributed by atoms with E-state index in [-0.39, 0.29) is 43.0 Å². The van der Waals surface area contributed by atoms with Gasteiger partial charge in [-0.2, -0.15) is 12.6 Å². The van der Waals surface area contributed by atoms with Crippen LogP contribution in [0.25, 0.3) is 12.2 Å². The molecule has 0 radical (unpaired) electrons. The van der Waals surface area contributed by atoms with E-state index in [1.807, 2.05) is 54.6 Å². The molecule has 0 N–H and O–H groups in total. The molecule has 2 aliphatic rings. The highest BCUT2D eigenvalue weighted by molar-refractivity contribution is 7.80. The summed E-state index contributed by atoms with van der Waals surface area (Å²) in [6.07, 6.45) is 5.63. The number of thiol groups is 1. The van der Waals surface area contributed by atoms with Crippen LogP contribution in [0.2, 0.25) is 0 Å². The fourth-order valence-electron chi connectivity index (χ4n) is 4.68. The Morgan fingerprint density at radius 1 is 1.03 bits per heavy atom. The average molecular weight is 507 g/mol. The molecule has 2 aliphatic heterocycles. The van der Waals surface area contributed by atoms with Gasteiger partial charge in [0.15, 0.2) is 0 Å². The third kappa shape index (κ3) is 7.33. The maximum absolute atomic E-state index is 13.1. The van der Waals surface area contributed by atoms with E-state index in [9.17, 15) is 14.4 Å². The number of likely N-dealkylation sites (tertiary alicyclic amines) is 1. The van der Waals surface area contributed by atoms with Crippen molar-refractivity contribution in [2.45, 2.75) is 65.7 Å². The SMILES string of the molecule is CC(S)CC(C)(C)C.CC1CC(=O)N(CCC(=O)N2Cc3ccccc3/C=C\c3ccccc32)C1=O. The van der Waals surface area contributed by atoms with Crippen LogP contribution < -0.4 is 4.90 Å². The van der Waals surface area contributed by atoms with Crippen LogP contribution in [-0.4, -0.2) is 34.4 Å². The normalized spacial score (nSPS) is 18.9. The van der Waals surface area contributed by atoms with Crippen LogP contribution in [0.1, 0.15) is 70.6 Å². The molecule has 2 aromatic rings. The summed E-state index contributed by atoms with van der Waals surface area (Å²) in [5, 5.41) is 0.537. The maximum Gasteiger partial charge on any atom is 0.232 e. The van der Waals surface area contributed by atoms with Gasteiger partial charge in [-0.1, -0.05) is 89.2 Å². The molecular formula is C30H38N2O3S. The summed E-state index contributed by atoms with van der Waals surface area (Å²) in [5.41, 5.74) is 4.39. The number of benzene rings is 2. The number of para-hydroxylation sites is 1. The zero-order valence-electron chi connectivity index (χ0n) is 22.0. The molecule has 192 valence electrons. The molecule has 2 unspecified atom stereocenters. The minimum Gasteiger partial charge on any atom is -0.307 e. The van der Waals surface area contributed by atoms with Crippen molar-refractivity contribution in [3.8, 4) is 0 Å². The molecule has 0 spiro atoms. The second-order valence-corrected chi connectivity index (χ2v) is 11.8. The molecule has 0 saturated carbocycles. The molecule has 3 amide bonds. The van der Waals surface area contributed by atoms with Crippen LogP contribution in [0.3, 0.4) is 0 Å². The summed E-state index contributed by atoms with van der Waals surface area (Å²) >= 11 is 4.29. The summed E-state index contributed by atoms with van der Waals surface area (Å²) in [4.78, 5) is 40.3. The monoisotopic (exact) mass is 506 g/mol. The fraction of sp³-hybridized carbons (Fsp3) is 0.433. The molecule has 4 rings (SSSR count). The first-order chi connectivity index (χ1) is 17.0. The van der Waals surface area contributed by atoms with Crippen LogP contribution in [0.15, 0.2) is 48.5 Å². The van der Waals surface area contributed by atoms with Crippen molar-refractivity contribution in [1.29, 1.82) is 0 Å². The Bertz CT molecular complexity index is 1130. The Morgan fingerprint density at radius 2 is 1.64 bits per heavy atom. The van der Waals surface area contributed by atoms with Crippen LogP contribution in [0.5, 0.6) is 0 Å². The van der Waals surface area contributed by atoms with E-state index in [0.29, 0.717) is 17.2 Å². The number of imide groups is 1. The number of carbonyl (C=O) groups is 3. The van der Waals surface area contributed by atoms with Crippen molar-refractivity contribution < 1.29 is 14.4 Å². The summed E-state index contributed by atoms with van der Waals surface area (Å²) < 4.78 is 0. The number of hydrogen-bond donors (Lipinski definition) is 1. The van der Waals surface area contributed by atoms with Gasteiger partial charge in [-0.3, -0.25) is 19.3 Å². The van der Waals surface area contributed by atoms with Gasteiger partial charge in [0.05, 0.1) is 12.2 Å². The Balaban J connectivity index is 0.000000392. The molecule has 6 heteroatoms. The van der Waals surface area contributed by atoms with Gasteiger partial charge >= 0.3 is 0 Å². The van der Waals surface area contributed by atoms with E-state index < -0.39 is 0 Å². The van der Waals surface area contributed by atoms with E-state index >= 15 is 0 Å². The highest BCUT2D eigenvalue weighted by Crippen LogP contribution is 2.29. The van der Waals surface area contributed by atoms with Gasteiger partial charge in [-0.15, -0.1) is 0 Å². The Morgan fingerprint density at radius 3 is 2.22 bits per heavy atom. The standard InChI is InChI=1S/C23H22N2O3.C7H16S/c1-16-14-22(27)24(23(16)28)13-12-21(26)25-15-19-8-3-2-6-17(19)10-11-18-7-4-5-9-20(18)25;1-6(8)5-7(2,3)4/h2-11,16H,12-15H2,1H3;6,8H,5H2,1-4H3/b11-10-;. The summed E-state index contributed by atoms with van der Waals surface area (Å²) in [6, 6.07) is 15.8. The predicted octanol–water partition coefficient (Wildman–Crippen LogP) is 6.23. The molecule has 0 aromatic heterocycles. The molecule has 0 aliphatic carbocycles. The molecule has 1 saturated heterocycles. The molecule has 2 atom stereocenters. The Hall–Kier alpha value is -2.86. The lowest BCUT2D eigenvalue weighted by molar-refractivity contribution is -0.139. The lowest BCUT2D eigenvalue weighted by atomic mass is 9.91. The van der Waals surface area contributed by atoms with Gasteiger partial charge in [-0.25, -0.2) is 0 Å². The Labute approximate surface area is 221 Å². The smallest absolute Gasteiger partial charge is 0.232 e. The minimum atomic E-state index is -0.290. The molecule has 36 heavy (non-hydrogen) atoms. The number of rotatable bonds is 4. The zero-order valence-corrected chi connectivity index (χ0v) is 22.9. The van der Waals surface area contributed by atoms with Gasteiger partial charge in [0.2, 0.25) is 17.7 Å². The van der Waals surface area contributed by atoms with E-state index in [4.69, 9.17) is 0 Å². The van der Waals surface area contributed by atoms with Gasteiger partial charge in [0, 0.05) is 25.3 Å². The van der Waals surface area contributed by atoms with Crippen molar-refractivity contribution in [1.82, 2.24) is 4.90 Å². The quantitative estimate of drug-likeness (QED) is 0.395. The first kappa shape index (κ1) is 27.7. The van der Waals surface area contributed by atoms with Crippen molar-refractivity contribution in [3.63, 3.8) is 0 Å². The molecule has 0 bridgehead atoms. The molecule has 5 nitrogen and oxygen atoms in total. The van der Waals surface area contributed by atoms with Crippen molar-refractivity contribution in [3.05, 3.63) is 65.2 Å². The largest absolute Gasteiger partial charge is 0.307 e. The molecule has 1 fully saturated rings. The molecule has 2 aromatic carbocycles. The highest BCUT2D eigenvalue weighted by atomic mass is 32.1. The first-order valence-corrected chi connectivity index (χ1v) is 13.2. The van der Waals surface area contributed by atoms with Gasteiger partial charge < -0.3 is 4.90 Å². The van der Waals surface area contributed by atoms with Crippen LogP contribution in [-0.2, 0) is 20.9 Å².